The minimum absolute atomic E-state index is 0.138. The molecule has 1 atom stereocenters. The highest BCUT2D eigenvalue weighted by Gasteiger charge is 2.52. The van der Waals surface area contributed by atoms with Crippen molar-refractivity contribution < 1.29 is 13.9 Å². The van der Waals surface area contributed by atoms with Crippen molar-refractivity contribution in [2.75, 3.05) is 26.8 Å². The number of hydrogen-bond acceptors (Lipinski definition) is 2. The lowest BCUT2D eigenvalue weighted by molar-refractivity contribution is -0.138. The Morgan fingerprint density at radius 1 is 1.45 bits per heavy atom. The third-order valence-corrected chi connectivity index (χ3v) is 5.06. The molecule has 2 fully saturated rings. The van der Waals surface area contributed by atoms with Crippen LogP contribution in [-0.4, -0.2) is 37.6 Å². The zero-order valence-electron chi connectivity index (χ0n) is 13.4. The van der Waals surface area contributed by atoms with E-state index < -0.39 is 0 Å². The van der Waals surface area contributed by atoms with E-state index in [2.05, 4.69) is 0 Å². The fourth-order valence-electron chi connectivity index (χ4n) is 3.46. The molecule has 0 bridgehead atoms. The molecule has 1 saturated heterocycles. The van der Waals surface area contributed by atoms with Gasteiger partial charge >= 0.3 is 0 Å². The summed E-state index contributed by atoms with van der Waals surface area (Å²) in [6, 6.07) is 5.46. The number of ether oxygens (including phenoxy) is 1. The SMILES string of the molecule is COCC1(C(=O)N2CCC(Cc3ccc(C)c(F)c3)C2)CC1. The maximum atomic E-state index is 13.6. The first-order chi connectivity index (χ1) is 10.5. The van der Waals surface area contributed by atoms with Gasteiger partial charge in [0.1, 0.15) is 5.82 Å². The van der Waals surface area contributed by atoms with Gasteiger partial charge in [-0.05, 0) is 55.7 Å². The molecule has 0 radical (unpaired) electrons. The smallest absolute Gasteiger partial charge is 0.231 e. The van der Waals surface area contributed by atoms with Gasteiger partial charge in [0, 0.05) is 20.2 Å². The summed E-state index contributed by atoms with van der Waals surface area (Å²) >= 11 is 0. The van der Waals surface area contributed by atoms with Gasteiger partial charge in [0.05, 0.1) is 12.0 Å². The van der Waals surface area contributed by atoms with E-state index in [4.69, 9.17) is 4.74 Å². The van der Waals surface area contributed by atoms with Crippen LogP contribution in [-0.2, 0) is 16.0 Å². The maximum Gasteiger partial charge on any atom is 0.231 e. The second-order valence-electron chi connectivity index (χ2n) is 6.91. The Bertz CT molecular complexity index is 568. The molecular weight excluding hydrogens is 281 g/mol. The Balaban J connectivity index is 1.58. The zero-order valence-corrected chi connectivity index (χ0v) is 13.4. The summed E-state index contributed by atoms with van der Waals surface area (Å²) in [5.41, 5.74) is 1.47. The fraction of sp³-hybridized carbons (Fsp3) is 0.611. The number of rotatable bonds is 5. The number of benzene rings is 1. The highest BCUT2D eigenvalue weighted by molar-refractivity contribution is 5.85. The van der Waals surface area contributed by atoms with E-state index in [0.717, 1.165) is 44.3 Å². The number of methoxy groups -OCH3 is 1. The van der Waals surface area contributed by atoms with Gasteiger partial charge in [-0.1, -0.05) is 12.1 Å². The van der Waals surface area contributed by atoms with Crippen molar-refractivity contribution in [3.05, 3.63) is 35.1 Å². The first-order valence-corrected chi connectivity index (χ1v) is 8.07. The Morgan fingerprint density at radius 2 is 2.23 bits per heavy atom. The summed E-state index contributed by atoms with van der Waals surface area (Å²) in [5, 5.41) is 0. The number of nitrogens with zero attached hydrogens (tertiary/aromatic N) is 1. The predicted molar refractivity (Wildman–Crippen MR) is 83.1 cm³/mol. The average Bonchev–Trinajstić information content (AvgIpc) is 3.13. The lowest BCUT2D eigenvalue weighted by Gasteiger charge is -2.22. The molecule has 1 heterocycles. The molecule has 1 aliphatic carbocycles. The quantitative estimate of drug-likeness (QED) is 0.837. The Hall–Kier alpha value is -1.42. The molecule has 1 aromatic carbocycles. The van der Waals surface area contributed by atoms with Crippen molar-refractivity contribution in [1.29, 1.82) is 0 Å². The lowest BCUT2D eigenvalue weighted by atomic mass is 9.98. The van der Waals surface area contributed by atoms with Gasteiger partial charge in [0.25, 0.3) is 0 Å². The Labute approximate surface area is 131 Å². The largest absolute Gasteiger partial charge is 0.384 e. The molecule has 0 spiro atoms. The first kappa shape index (κ1) is 15.5. The zero-order chi connectivity index (χ0) is 15.7. The number of carbonyl (C=O) groups is 1. The Morgan fingerprint density at radius 3 is 2.86 bits per heavy atom. The topological polar surface area (TPSA) is 29.5 Å². The molecule has 1 saturated carbocycles. The molecule has 22 heavy (non-hydrogen) atoms. The van der Waals surface area contributed by atoms with E-state index >= 15 is 0 Å². The van der Waals surface area contributed by atoms with Crippen LogP contribution in [0.1, 0.15) is 30.4 Å². The molecule has 1 amide bonds. The van der Waals surface area contributed by atoms with Crippen molar-refractivity contribution in [3.8, 4) is 0 Å². The lowest BCUT2D eigenvalue weighted by Crippen LogP contribution is -2.37. The molecule has 0 aromatic heterocycles. The van der Waals surface area contributed by atoms with E-state index in [1.54, 1.807) is 20.1 Å². The molecule has 3 nitrogen and oxygen atoms in total. The minimum Gasteiger partial charge on any atom is -0.384 e. The summed E-state index contributed by atoms with van der Waals surface area (Å²) in [5.74, 6) is 0.553. The van der Waals surface area contributed by atoms with Crippen LogP contribution >= 0.6 is 0 Å². The molecule has 2 aliphatic rings. The van der Waals surface area contributed by atoms with Gasteiger partial charge in [-0.3, -0.25) is 4.79 Å². The normalized spacial score (nSPS) is 22.9. The van der Waals surface area contributed by atoms with Crippen LogP contribution in [0.15, 0.2) is 18.2 Å². The summed E-state index contributed by atoms with van der Waals surface area (Å²) in [7, 11) is 1.66. The summed E-state index contributed by atoms with van der Waals surface area (Å²) in [4.78, 5) is 14.6. The van der Waals surface area contributed by atoms with Crippen molar-refractivity contribution >= 4 is 5.91 Å². The maximum absolute atomic E-state index is 13.6. The number of hydrogen-bond donors (Lipinski definition) is 0. The monoisotopic (exact) mass is 305 g/mol. The molecule has 1 unspecified atom stereocenters. The number of aryl methyl sites for hydroxylation is 1. The predicted octanol–water partition coefficient (Wildman–Crippen LogP) is 2.95. The molecule has 1 aliphatic heterocycles. The van der Waals surface area contributed by atoms with Gasteiger partial charge in [0.2, 0.25) is 5.91 Å². The number of carbonyl (C=O) groups excluding carboxylic acids is 1. The van der Waals surface area contributed by atoms with Gasteiger partial charge in [-0.15, -0.1) is 0 Å². The number of halogens is 1. The van der Waals surface area contributed by atoms with Crippen LogP contribution in [0.25, 0.3) is 0 Å². The first-order valence-electron chi connectivity index (χ1n) is 8.07. The summed E-state index contributed by atoms with van der Waals surface area (Å²) < 4.78 is 18.8. The second-order valence-corrected chi connectivity index (χ2v) is 6.91. The van der Waals surface area contributed by atoms with Crippen LogP contribution < -0.4 is 0 Å². The highest BCUT2D eigenvalue weighted by atomic mass is 19.1. The van der Waals surface area contributed by atoms with E-state index in [9.17, 15) is 9.18 Å². The van der Waals surface area contributed by atoms with E-state index in [0.29, 0.717) is 18.1 Å². The van der Waals surface area contributed by atoms with Crippen molar-refractivity contribution in [2.24, 2.45) is 11.3 Å². The minimum atomic E-state index is -0.237. The summed E-state index contributed by atoms with van der Waals surface area (Å²) in [6.07, 6.45) is 3.75. The molecular formula is C18H24FNO2. The van der Waals surface area contributed by atoms with E-state index in [1.165, 1.54) is 0 Å². The van der Waals surface area contributed by atoms with Gasteiger partial charge in [0.15, 0.2) is 0 Å². The number of amides is 1. The van der Waals surface area contributed by atoms with Crippen LogP contribution in [0.2, 0.25) is 0 Å². The third kappa shape index (κ3) is 3.02. The standard InChI is InChI=1S/C18H24FNO2/c1-13-3-4-14(10-16(13)19)9-15-5-8-20(11-15)17(21)18(6-7-18)12-22-2/h3-4,10,15H,5-9,11-12H2,1-2H3. The Kier molecular flexibility index (Phi) is 4.22. The third-order valence-electron chi connectivity index (χ3n) is 5.06. The number of likely N-dealkylation sites (tertiary alicyclic amines) is 1. The summed E-state index contributed by atoms with van der Waals surface area (Å²) in [6.45, 7) is 3.93. The highest BCUT2D eigenvalue weighted by Crippen LogP contribution is 2.48. The van der Waals surface area contributed by atoms with Crippen LogP contribution in [0.3, 0.4) is 0 Å². The van der Waals surface area contributed by atoms with Crippen LogP contribution in [0, 0.1) is 24.1 Å². The molecule has 0 N–H and O–H groups in total. The van der Waals surface area contributed by atoms with Crippen molar-refractivity contribution in [3.63, 3.8) is 0 Å². The molecule has 4 heteroatoms. The fourth-order valence-corrected chi connectivity index (χ4v) is 3.46. The van der Waals surface area contributed by atoms with Crippen molar-refractivity contribution in [2.45, 2.75) is 32.6 Å². The van der Waals surface area contributed by atoms with E-state index in [-0.39, 0.29) is 17.1 Å². The average molecular weight is 305 g/mol. The molecule has 120 valence electrons. The van der Waals surface area contributed by atoms with Crippen molar-refractivity contribution in [1.82, 2.24) is 4.90 Å². The second kappa shape index (κ2) is 5.99. The van der Waals surface area contributed by atoms with Gasteiger partial charge < -0.3 is 9.64 Å². The van der Waals surface area contributed by atoms with Gasteiger partial charge in [-0.2, -0.15) is 0 Å². The van der Waals surface area contributed by atoms with E-state index in [1.807, 2.05) is 17.0 Å². The molecule has 1 aromatic rings. The molecule has 3 rings (SSSR count). The van der Waals surface area contributed by atoms with Crippen LogP contribution in [0.4, 0.5) is 4.39 Å². The van der Waals surface area contributed by atoms with Crippen LogP contribution in [0.5, 0.6) is 0 Å². The van der Waals surface area contributed by atoms with Gasteiger partial charge in [-0.25, -0.2) is 4.39 Å².